The van der Waals surface area contributed by atoms with Crippen molar-refractivity contribution in [1.82, 2.24) is 0 Å². The van der Waals surface area contributed by atoms with Gasteiger partial charge in [0, 0.05) is 22.1 Å². The minimum Gasteiger partial charge on any atom is -0.380 e. The van der Waals surface area contributed by atoms with Crippen LogP contribution in [0.3, 0.4) is 0 Å². The zero-order valence-corrected chi connectivity index (χ0v) is 13.7. The van der Waals surface area contributed by atoms with Crippen molar-refractivity contribution >= 4 is 50.7 Å². The molecule has 0 saturated carbocycles. The first-order valence-corrected chi connectivity index (χ1v) is 7.40. The number of rotatable bonds is 4. The zero-order chi connectivity index (χ0) is 15.6. The van der Waals surface area contributed by atoms with Crippen molar-refractivity contribution in [1.29, 1.82) is 0 Å². The summed E-state index contributed by atoms with van der Waals surface area (Å²) < 4.78 is 14.5. The normalized spacial score (nSPS) is 10.5. The molecule has 21 heavy (non-hydrogen) atoms. The highest BCUT2D eigenvalue weighted by atomic mass is 79.9. The van der Waals surface area contributed by atoms with Gasteiger partial charge in [0.1, 0.15) is 5.82 Å². The monoisotopic (exact) mass is 390 g/mol. The Morgan fingerprint density at radius 2 is 1.95 bits per heavy atom. The van der Waals surface area contributed by atoms with Crippen LogP contribution in [0.5, 0.6) is 0 Å². The molecule has 0 bridgehead atoms. The van der Waals surface area contributed by atoms with E-state index < -0.39 is 11.7 Å². The molecule has 3 nitrogen and oxygen atoms in total. The van der Waals surface area contributed by atoms with Crippen LogP contribution in [-0.2, 0) is 6.54 Å². The molecule has 2 aromatic rings. The van der Waals surface area contributed by atoms with Gasteiger partial charge in [-0.3, -0.25) is 4.79 Å². The quantitative estimate of drug-likeness (QED) is 0.748. The molecule has 3 N–H and O–H groups in total. The maximum Gasteiger partial charge on any atom is 0.248 e. The van der Waals surface area contributed by atoms with Gasteiger partial charge < -0.3 is 11.1 Å². The molecule has 2 rings (SSSR count). The fourth-order valence-electron chi connectivity index (χ4n) is 1.70. The number of primary amides is 1. The van der Waals surface area contributed by atoms with E-state index in [4.69, 9.17) is 28.9 Å². The second kappa shape index (κ2) is 6.64. The van der Waals surface area contributed by atoms with Gasteiger partial charge in [-0.1, -0.05) is 29.3 Å². The summed E-state index contributed by atoms with van der Waals surface area (Å²) in [6, 6.07) is 7.54. The topological polar surface area (TPSA) is 55.1 Å². The third-order valence-electron chi connectivity index (χ3n) is 2.84. The van der Waals surface area contributed by atoms with Crippen LogP contribution in [-0.4, -0.2) is 5.91 Å². The molecule has 110 valence electrons. The van der Waals surface area contributed by atoms with E-state index in [1.165, 1.54) is 12.1 Å². The average Bonchev–Trinajstić information content (AvgIpc) is 2.45. The van der Waals surface area contributed by atoms with Crippen molar-refractivity contribution in [3.8, 4) is 0 Å². The number of amides is 1. The predicted octanol–water partition coefficient (Wildman–Crippen LogP) is 4.61. The van der Waals surface area contributed by atoms with Crippen molar-refractivity contribution < 1.29 is 9.18 Å². The number of hydrogen-bond acceptors (Lipinski definition) is 2. The van der Waals surface area contributed by atoms with Gasteiger partial charge in [0.25, 0.3) is 0 Å². The Hall–Kier alpha value is -1.30. The third kappa shape index (κ3) is 3.67. The number of anilines is 1. The first kappa shape index (κ1) is 16.1. The Labute approximate surface area is 139 Å². The summed E-state index contributed by atoms with van der Waals surface area (Å²) in [5, 5.41) is 3.72. The molecule has 0 atom stereocenters. The van der Waals surface area contributed by atoms with Crippen LogP contribution in [0.1, 0.15) is 15.9 Å². The van der Waals surface area contributed by atoms with Crippen LogP contribution in [0.4, 0.5) is 10.1 Å². The summed E-state index contributed by atoms with van der Waals surface area (Å²) in [5.74, 6) is -1.19. The molecule has 0 saturated heterocycles. The molecule has 0 aromatic heterocycles. The lowest BCUT2D eigenvalue weighted by Gasteiger charge is -2.11. The first-order valence-electron chi connectivity index (χ1n) is 5.85. The van der Waals surface area contributed by atoms with Crippen LogP contribution in [0.15, 0.2) is 34.8 Å². The van der Waals surface area contributed by atoms with Crippen LogP contribution >= 0.6 is 39.1 Å². The number of carbonyl (C=O) groups is 1. The Kier molecular flexibility index (Phi) is 5.08. The highest BCUT2D eigenvalue weighted by Crippen LogP contribution is 2.36. The number of hydrogen-bond donors (Lipinski definition) is 2. The maximum absolute atomic E-state index is 13.8. The van der Waals surface area contributed by atoms with E-state index in [1.54, 1.807) is 12.1 Å². The van der Waals surface area contributed by atoms with Gasteiger partial charge in [-0.15, -0.1) is 0 Å². The lowest BCUT2D eigenvalue weighted by atomic mass is 10.1. The fourth-order valence-corrected chi connectivity index (χ4v) is 2.54. The number of nitrogens with one attached hydrogen (secondary N) is 1. The molecule has 0 radical (unpaired) electrons. The lowest BCUT2D eigenvalue weighted by Crippen LogP contribution is -2.12. The molecule has 0 aliphatic carbocycles. The molecule has 0 unspecified atom stereocenters. The van der Waals surface area contributed by atoms with Crippen LogP contribution in [0.2, 0.25) is 10.0 Å². The summed E-state index contributed by atoms with van der Waals surface area (Å²) in [6.45, 7) is 0.197. The first-order chi connectivity index (χ1) is 9.90. The van der Waals surface area contributed by atoms with Gasteiger partial charge in [-0.05, 0) is 40.2 Å². The van der Waals surface area contributed by atoms with Gasteiger partial charge in [-0.25, -0.2) is 4.39 Å². The predicted molar refractivity (Wildman–Crippen MR) is 86.4 cm³/mol. The molecule has 7 heteroatoms. The Morgan fingerprint density at radius 3 is 2.57 bits per heavy atom. The largest absolute Gasteiger partial charge is 0.380 e. The number of benzene rings is 2. The maximum atomic E-state index is 13.8. The van der Waals surface area contributed by atoms with Gasteiger partial charge in [-0.2, -0.15) is 0 Å². The highest BCUT2D eigenvalue weighted by Gasteiger charge is 2.10. The lowest BCUT2D eigenvalue weighted by molar-refractivity contribution is 0.1000. The van der Waals surface area contributed by atoms with Crippen molar-refractivity contribution in [3.63, 3.8) is 0 Å². The van der Waals surface area contributed by atoms with Crippen molar-refractivity contribution in [3.05, 3.63) is 61.8 Å². The summed E-state index contributed by atoms with van der Waals surface area (Å²) >= 11 is 15.4. The van der Waals surface area contributed by atoms with E-state index in [2.05, 4.69) is 21.2 Å². The second-order valence-electron chi connectivity index (χ2n) is 4.25. The summed E-state index contributed by atoms with van der Waals surface area (Å²) in [5.41, 5.74) is 6.19. The third-order valence-corrected chi connectivity index (χ3v) is 4.61. The van der Waals surface area contributed by atoms with Crippen molar-refractivity contribution in [2.75, 3.05) is 5.32 Å². The van der Waals surface area contributed by atoms with E-state index in [-0.39, 0.29) is 12.1 Å². The smallest absolute Gasteiger partial charge is 0.248 e. The molecule has 0 spiro atoms. The Balaban J connectivity index is 2.17. The van der Waals surface area contributed by atoms with Gasteiger partial charge in [0.2, 0.25) is 5.91 Å². The van der Waals surface area contributed by atoms with E-state index >= 15 is 0 Å². The molecule has 0 fully saturated rings. The molecule has 1 amide bonds. The van der Waals surface area contributed by atoms with Crippen LogP contribution in [0, 0.1) is 5.82 Å². The van der Waals surface area contributed by atoms with E-state index in [0.29, 0.717) is 25.8 Å². The SMILES string of the molecule is NC(=O)c1ccc(CNc2ccc(Br)c(Cl)c2Cl)c(F)c1. The minimum absolute atomic E-state index is 0.126. The minimum atomic E-state index is -0.670. The van der Waals surface area contributed by atoms with Crippen LogP contribution < -0.4 is 11.1 Å². The van der Waals surface area contributed by atoms with Crippen LogP contribution in [0.25, 0.3) is 0 Å². The van der Waals surface area contributed by atoms with E-state index in [1.807, 2.05) is 0 Å². The van der Waals surface area contributed by atoms with Crippen molar-refractivity contribution in [2.24, 2.45) is 5.73 Å². The summed E-state index contributed by atoms with van der Waals surface area (Å²) in [7, 11) is 0. The number of carbonyl (C=O) groups excluding carboxylic acids is 1. The second-order valence-corrected chi connectivity index (χ2v) is 5.86. The number of halogens is 4. The summed E-state index contributed by atoms with van der Waals surface area (Å²) in [4.78, 5) is 11.0. The molecule has 0 aliphatic rings. The molecular weight excluding hydrogens is 382 g/mol. The Bertz CT molecular complexity index is 710. The van der Waals surface area contributed by atoms with Crippen molar-refractivity contribution in [2.45, 2.75) is 6.54 Å². The van der Waals surface area contributed by atoms with E-state index in [9.17, 15) is 9.18 Å². The molecular formula is C14H10BrCl2FN2O. The highest BCUT2D eigenvalue weighted by molar-refractivity contribution is 9.10. The fraction of sp³-hybridized carbons (Fsp3) is 0.0714. The standard InChI is InChI=1S/C14H10BrCl2FN2O/c15-9-3-4-11(13(17)12(9)16)20-6-8-2-1-7(14(19)21)5-10(8)18/h1-5,20H,6H2,(H2,19,21). The molecule has 2 aromatic carbocycles. The zero-order valence-electron chi connectivity index (χ0n) is 10.6. The molecule has 0 aliphatic heterocycles. The molecule has 0 heterocycles. The average molecular weight is 392 g/mol. The summed E-state index contributed by atoms with van der Waals surface area (Å²) in [6.07, 6.45) is 0. The van der Waals surface area contributed by atoms with Gasteiger partial charge >= 0.3 is 0 Å². The number of nitrogens with two attached hydrogens (primary N) is 1. The van der Waals surface area contributed by atoms with Gasteiger partial charge in [0.05, 0.1) is 15.7 Å². The Morgan fingerprint density at radius 1 is 1.24 bits per heavy atom. The van der Waals surface area contributed by atoms with Gasteiger partial charge in [0.15, 0.2) is 0 Å². The van der Waals surface area contributed by atoms with E-state index in [0.717, 1.165) is 6.07 Å².